The Kier molecular flexibility index (Phi) is 3.77. The van der Waals surface area contributed by atoms with Crippen LogP contribution in [0, 0.1) is 0 Å². The Balaban J connectivity index is 2.53. The van der Waals surface area contributed by atoms with E-state index in [4.69, 9.17) is 5.73 Å². The molecule has 0 spiro atoms. The number of nitrogens with two attached hydrogens (primary N) is 1. The minimum Gasteiger partial charge on any atom is -0.373 e. The highest BCUT2D eigenvalue weighted by atomic mass is 15.1. The predicted octanol–water partition coefficient (Wildman–Crippen LogP) is 1.86. The molecule has 0 amide bonds. The van der Waals surface area contributed by atoms with Crippen LogP contribution in [0.15, 0.2) is 30.3 Å². The van der Waals surface area contributed by atoms with Gasteiger partial charge in [-0.15, -0.1) is 0 Å². The Labute approximate surface area is 80.4 Å². The number of benzene rings is 1. The molecule has 1 atom stereocenters. The molecule has 0 radical (unpaired) electrons. The SMILES string of the molecule is CCC(N)CN(C)c1ccccc1. The fourth-order valence-corrected chi connectivity index (χ4v) is 1.27. The molecular weight excluding hydrogens is 160 g/mol. The molecular formula is C11H18N2. The molecule has 0 aliphatic heterocycles. The van der Waals surface area contributed by atoms with Gasteiger partial charge in [-0.25, -0.2) is 0 Å². The lowest BCUT2D eigenvalue weighted by molar-refractivity contribution is 0.639. The molecule has 1 unspecified atom stereocenters. The van der Waals surface area contributed by atoms with Crippen LogP contribution in [-0.4, -0.2) is 19.6 Å². The second kappa shape index (κ2) is 4.87. The van der Waals surface area contributed by atoms with Gasteiger partial charge in [-0.2, -0.15) is 0 Å². The number of hydrogen-bond acceptors (Lipinski definition) is 2. The van der Waals surface area contributed by atoms with Crippen molar-refractivity contribution >= 4 is 5.69 Å². The van der Waals surface area contributed by atoms with Gasteiger partial charge >= 0.3 is 0 Å². The monoisotopic (exact) mass is 178 g/mol. The maximum Gasteiger partial charge on any atom is 0.0364 e. The maximum absolute atomic E-state index is 5.87. The third-order valence-electron chi connectivity index (χ3n) is 2.23. The van der Waals surface area contributed by atoms with E-state index >= 15 is 0 Å². The molecule has 13 heavy (non-hydrogen) atoms. The Morgan fingerprint density at radius 1 is 1.31 bits per heavy atom. The van der Waals surface area contributed by atoms with Gasteiger partial charge in [0.2, 0.25) is 0 Å². The Hall–Kier alpha value is -1.02. The summed E-state index contributed by atoms with van der Waals surface area (Å²) in [5.41, 5.74) is 7.10. The fourth-order valence-electron chi connectivity index (χ4n) is 1.27. The van der Waals surface area contributed by atoms with Gasteiger partial charge in [0.1, 0.15) is 0 Å². The van der Waals surface area contributed by atoms with Crippen molar-refractivity contribution in [3.8, 4) is 0 Å². The van der Waals surface area contributed by atoms with E-state index in [1.165, 1.54) is 5.69 Å². The van der Waals surface area contributed by atoms with Crippen molar-refractivity contribution in [2.75, 3.05) is 18.5 Å². The van der Waals surface area contributed by atoms with E-state index in [-0.39, 0.29) is 6.04 Å². The topological polar surface area (TPSA) is 29.3 Å². The number of rotatable bonds is 4. The molecule has 1 rings (SSSR count). The van der Waals surface area contributed by atoms with E-state index in [0.29, 0.717) is 0 Å². The fraction of sp³-hybridized carbons (Fsp3) is 0.455. The first-order valence-electron chi connectivity index (χ1n) is 4.75. The van der Waals surface area contributed by atoms with E-state index in [0.717, 1.165) is 13.0 Å². The van der Waals surface area contributed by atoms with Crippen LogP contribution >= 0.6 is 0 Å². The highest BCUT2D eigenvalue weighted by molar-refractivity contribution is 5.45. The molecule has 2 N–H and O–H groups in total. The number of hydrogen-bond donors (Lipinski definition) is 1. The average Bonchev–Trinajstić information content (AvgIpc) is 2.19. The van der Waals surface area contributed by atoms with Crippen molar-refractivity contribution in [1.82, 2.24) is 0 Å². The molecule has 0 saturated heterocycles. The van der Waals surface area contributed by atoms with Crippen molar-refractivity contribution in [3.63, 3.8) is 0 Å². The molecule has 0 aliphatic carbocycles. The largest absolute Gasteiger partial charge is 0.373 e. The van der Waals surface area contributed by atoms with Crippen molar-refractivity contribution < 1.29 is 0 Å². The van der Waals surface area contributed by atoms with Crippen molar-refractivity contribution in [2.24, 2.45) is 5.73 Å². The van der Waals surface area contributed by atoms with Crippen LogP contribution < -0.4 is 10.6 Å². The number of nitrogens with zero attached hydrogens (tertiary/aromatic N) is 1. The highest BCUT2D eigenvalue weighted by Gasteiger charge is 2.04. The smallest absolute Gasteiger partial charge is 0.0364 e. The lowest BCUT2D eigenvalue weighted by atomic mass is 10.2. The minimum atomic E-state index is 0.269. The summed E-state index contributed by atoms with van der Waals surface area (Å²) >= 11 is 0. The van der Waals surface area contributed by atoms with E-state index in [2.05, 4.69) is 31.0 Å². The molecule has 0 bridgehead atoms. The van der Waals surface area contributed by atoms with Gasteiger partial charge < -0.3 is 10.6 Å². The van der Waals surface area contributed by atoms with Crippen LogP contribution in [0.5, 0.6) is 0 Å². The number of para-hydroxylation sites is 1. The summed E-state index contributed by atoms with van der Waals surface area (Å²) in [6, 6.07) is 10.6. The standard InChI is InChI=1S/C11H18N2/c1-3-10(12)9-13(2)11-7-5-4-6-8-11/h4-8,10H,3,9,12H2,1-2H3. The van der Waals surface area contributed by atoms with E-state index in [1.54, 1.807) is 0 Å². The lowest BCUT2D eigenvalue weighted by Crippen LogP contribution is -2.34. The second-order valence-corrected chi connectivity index (χ2v) is 3.38. The van der Waals surface area contributed by atoms with Gasteiger partial charge in [-0.3, -0.25) is 0 Å². The van der Waals surface area contributed by atoms with Gasteiger partial charge in [-0.1, -0.05) is 25.1 Å². The Morgan fingerprint density at radius 3 is 2.46 bits per heavy atom. The van der Waals surface area contributed by atoms with Crippen LogP contribution in [0.4, 0.5) is 5.69 Å². The van der Waals surface area contributed by atoms with E-state index in [9.17, 15) is 0 Å². The van der Waals surface area contributed by atoms with Crippen LogP contribution in [0.25, 0.3) is 0 Å². The molecule has 0 aromatic heterocycles. The van der Waals surface area contributed by atoms with Crippen LogP contribution in [0.3, 0.4) is 0 Å². The van der Waals surface area contributed by atoms with Crippen molar-refractivity contribution in [3.05, 3.63) is 30.3 Å². The lowest BCUT2D eigenvalue weighted by Gasteiger charge is -2.22. The van der Waals surface area contributed by atoms with Crippen molar-refractivity contribution in [2.45, 2.75) is 19.4 Å². The zero-order chi connectivity index (χ0) is 9.68. The van der Waals surface area contributed by atoms with Gasteiger partial charge in [0.15, 0.2) is 0 Å². The van der Waals surface area contributed by atoms with E-state index in [1.807, 2.05) is 18.2 Å². The van der Waals surface area contributed by atoms with Gasteiger partial charge in [-0.05, 0) is 18.6 Å². The molecule has 0 fully saturated rings. The summed E-state index contributed by atoms with van der Waals surface area (Å²) in [5.74, 6) is 0. The normalized spacial score (nSPS) is 12.5. The molecule has 0 aliphatic rings. The van der Waals surface area contributed by atoms with Crippen LogP contribution in [0.1, 0.15) is 13.3 Å². The molecule has 0 saturated carbocycles. The predicted molar refractivity (Wildman–Crippen MR) is 58.0 cm³/mol. The Bertz CT molecular complexity index is 233. The quantitative estimate of drug-likeness (QED) is 0.762. The first-order chi connectivity index (χ1) is 6.24. The van der Waals surface area contributed by atoms with Gasteiger partial charge in [0.25, 0.3) is 0 Å². The first kappa shape index (κ1) is 10.1. The Morgan fingerprint density at radius 2 is 1.92 bits per heavy atom. The molecule has 1 aromatic rings. The molecule has 72 valence electrons. The van der Waals surface area contributed by atoms with Crippen LogP contribution in [0.2, 0.25) is 0 Å². The molecule has 2 nitrogen and oxygen atoms in total. The minimum absolute atomic E-state index is 0.269. The maximum atomic E-state index is 5.87. The summed E-state index contributed by atoms with van der Waals surface area (Å²) < 4.78 is 0. The summed E-state index contributed by atoms with van der Waals surface area (Å²) in [5, 5.41) is 0. The second-order valence-electron chi connectivity index (χ2n) is 3.38. The molecule has 1 aromatic carbocycles. The summed E-state index contributed by atoms with van der Waals surface area (Å²) in [6.45, 7) is 3.03. The third kappa shape index (κ3) is 3.07. The average molecular weight is 178 g/mol. The zero-order valence-corrected chi connectivity index (χ0v) is 8.40. The van der Waals surface area contributed by atoms with E-state index < -0.39 is 0 Å². The molecule has 2 heteroatoms. The van der Waals surface area contributed by atoms with Crippen LogP contribution in [-0.2, 0) is 0 Å². The zero-order valence-electron chi connectivity index (χ0n) is 8.40. The first-order valence-corrected chi connectivity index (χ1v) is 4.75. The summed E-state index contributed by atoms with van der Waals surface area (Å²) in [7, 11) is 2.07. The highest BCUT2D eigenvalue weighted by Crippen LogP contribution is 2.10. The van der Waals surface area contributed by atoms with Gasteiger partial charge in [0.05, 0.1) is 0 Å². The summed E-state index contributed by atoms with van der Waals surface area (Å²) in [4.78, 5) is 2.19. The summed E-state index contributed by atoms with van der Waals surface area (Å²) in [6.07, 6.45) is 1.02. The third-order valence-corrected chi connectivity index (χ3v) is 2.23. The molecule has 0 heterocycles. The van der Waals surface area contributed by atoms with Gasteiger partial charge in [0, 0.05) is 25.3 Å². The van der Waals surface area contributed by atoms with Crippen molar-refractivity contribution in [1.29, 1.82) is 0 Å². The number of anilines is 1. The number of likely N-dealkylation sites (N-methyl/N-ethyl adjacent to an activating group) is 1.